The SMILES string of the molecule is CCOC(=O)CCNCC(=O)OC(C)C. The van der Waals surface area contributed by atoms with Crippen LogP contribution in [0.3, 0.4) is 0 Å². The molecule has 0 amide bonds. The highest BCUT2D eigenvalue weighted by Crippen LogP contribution is 1.88. The highest BCUT2D eigenvalue weighted by atomic mass is 16.5. The third-order valence-corrected chi connectivity index (χ3v) is 1.45. The van der Waals surface area contributed by atoms with Crippen LogP contribution in [0.25, 0.3) is 0 Å². The van der Waals surface area contributed by atoms with Gasteiger partial charge in [-0.15, -0.1) is 0 Å². The molecule has 1 N–H and O–H groups in total. The van der Waals surface area contributed by atoms with Gasteiger partial charge in [0.25, 0.3) is 0 Å². The van der Waals surface area contributed by atoms with Crippen LogP contribution < -0.4 is 5.32 Å². The summed E-state index contributed by atoms with van der Waals surface area (Å²) in [6.45, 7) is 6.26. The summed E-state index contributed by atoms with van der Waals surface area (Å²) in [4.78, 5) is 21.9. The molecule has 0 heterocycles. The van der Waals surface area contributed by atoms with E-state index in [9.17, 15) is 9.59 Å². The summed E-state index contributed by atoms with van der Waals surface area (Å²) in [7, 11) is 0. The first-order chi connectivity index (χ1) is 7.06. The predicted molar refractivity (Wildman–Crippen MR) is 55.3 cm³/mol. The first-order valence-corrected chi connectivity index (χ1v) is 5.12. The van der Waals surface area contributed by atoms with Gasteiger partial charge in [-0.3, -0.25) is 9.59 Å². The normalized spacial score (nSPS) is 10.1. The van der Waals surface area contributed by atoms with Crippen molar-refractivity contribution < 1.29 is 19.1 Å². The van der Waals surface area contributed by atoms with Crippen molar-refractivity contribution in [3.63, 3.8) is 0 Å². The topological polar surface area (TPSA) is 64.6 Å². The van der Waals surface area contributed by atoms with Crippen LogP contribution in [-0.4, -0.2) is 37.7 Å². The molecule has 0 spiro atoms. The van der Waals surface area contributed by atoms with E-state index < -0.39 is 0 Å². The van der Waals surface area contributed by atoms with E-state index in [1.54, 1.807) is 20.8 Å². The summed E-state index contributed by atoms with van der Waals surface area (Å²) < 4.78 is 9.61. The Balaban J connectivity index is 3.38. The van der Waals surface area contributed by atoms with Crippen molar-refractivity contribution in [3.8, 4) is 0 Å². The van der Waals surface area contributed by atoms with Gasteiger partial charge in [0, 0.05) is 6.54 Å². The Labute approximate surface area is 90.1 Å². The maximum atomic E-state index is 11.0. The maximum Gasteiger partial charge on any atom is 0.320 e. The summed E-state index contributed by atoms with van der Waals surface area (Å²) in [6.07, 6.45) is 0.160. The van der Waals surface area contributed by atoms with Gasteiger partial charge in [0.15, 0.2) is 0 Å². The second kappa shape index (κ2) is 8.23. The quantitative estimate of drug-likeness (QED) is 0.496. The molecule has 0 aliphatic rings. The molecule has 0 radical (unpaired) electrons. The van der Waals surface area contributed by atoms with Crippen LogP contribution in [0.1, 0.15) is 27.2 Å². The Morgan fingerprint density at radius 1 is 1.27 bits per heavy atom. The van der Waals surface area contributed by atoms with E-state index in [0.29, 0.717) is 13.2 Å². The molecule has 0 aromatic heterocycles. The third-order valence-electron chi connectivity index (χ3n) is 1.45. The molecule has 0 aromatic carbocycles. The van der Waals surface area contributed by atoms with Crippen molar-refractivity contribution in [2.75, 3.05) is 19.7 Å². The number of nitrogens with one attached hydrogen (secondary N) is 1. The zero-order valence-corrected chi connectivity index (χ0v) is 9.54. The van der Waals surface area contributed by atoms with Crippen LogP contribution in [-0.2, 0) is 19.1 Å². The van der Waals surface area contributed by atoms with Gasteiger partial charge in [-0.1, -0.05) is 0 Å². The number of esters is 2. The molecular weight excluding hydrogens is 198 g/mol. The molecule has 0 aromatic rings. The van der Waals surface area contributed by atoms with Crippen LogP contribution in [0.4, 0.5) is 0 Å². The Kier molecular flexibility index (Phi) is 7.62. The van der Waals surface area contributed by atoms with Crippen LogP contribution in [0.5, 0.6) is 0 Å². The summed E-state index contributed by atoms with van der Waals surface area (Å²) in [6, 6.07) is 0. The fraction of sp³-hybridized carbons (Fsp3) is 0.800. The van der Waals surface area contributed by atoms with Crippen molar-refractivity contribution in [1.29, 1.82) is 0 Å². The lowest BCUT2D eigenvalue weighted by molar-refractivity contribution is -0.147. The van der Waals surface area contributed by atoms with Crippen molar-refractivity contribution >= 4 is 11.9 Å². The van der Waals surface area contributed by atoms with Crippen LogP contribution >= 0.6 is 0 Å². The summed E-state index contributed by atoms with van der Waals surface area (Å²) in [5.41, 5.74) is 0. The molecule has 0 fully saturated rings. The smallest absolute Gasteiger partial charge is 0.320 e. The molecule has 0 unspecified atom stereocenters. The van der Waals surface area contributed by atoms with Gasteiger partial charge in [-0.25, -0.2) is 0 Å². The average Bonchev–Trinajstić information content (AvgIpc) is 2.12. The zero-order valence-electron chi connectivity index (χ0n) is 9.54. The van der Waals surface area contributed by atoms with Gasteiger partial charge in [-0.05, 0) is 20.8 Å². The predicted octanol–water partition coefficient (Wildman–Crippen LogP) is 0.481. The number of ether oxygens (including phenoxy) is 2. The maximum absolute atomic E-state index is 11.0. The highest BCUT2D eigenvalue weighted by Gasteiger charge is 2.05. The second-order valence-corrected chi connectivity index (χ2v) is 3.27. The van der Waals surface area contributed by atoms with E-state index >= 15 is 0 Å². The van der Waals surface area contributed by atoms with Gasteiger partial charge in [0.2, 0.25) is 0 Å². The van der Waals surface area contributed by atoms with E-state index in [0.717, 1.165) is 0 Å². The second-order valence-electron chi connectivity index (χ2n) is 3.27. The molecule has 0 rings (SSSR count). The molecule has 0 aliphatic heterocycles. The van der Waals surface area contributed by atoms with Crippen LogP contribution in [0.15, 0.2) is 0 Å². The fourth-order valence-corrected chi connectivity index (χ4v) is 0.919. The first-order valence-electron chi connectivity index (χ1n) is 5.12. The van der Waals surface area contributed by atoms with E-state index in [1.807, 2.05) is 0 Å². The molecule has 0 saturated carbocycles. The Morgan fingerprint density at radius 3 is 2.47 bits per heavy atom. The molecule has 0 saturated heterocycles. The molecule has 0 bridgehead atoms. The minimum Gasteiger partial charge on any atom is -0.466 e. The minimum absolute atomic E-state index is 0.107. The van der Waals surface area contributed by atoms with E-state index in [2.05, 4.69) is 5.32 Å². The van der Waals surface area contributed by atoms with E-state index in [-0.39, 0.29) is 31.0 Å². The molecule has 0 aliphatic carbocycles. The Morgan fingerprint density at radius 2 is 1.93 bits per heavy atom. The Bertz CT molecular complexity index is 204. The molecule has 5 heteroatoms. The summed E-state index contributed by atoms with van der Waals surface area (Å²) in [5, 5.41) is 2.80. The van der Waals surface area contributed by atoms with E-state index in [4.69, 9.17) is 9.47 Å². The van der Waals surface area contributed by atoms with Crippen molar-refractivity contribution in [2.24, 2.45) is 0 Å². The minimum atomic E-state index is -0.311. The van der Waals surface area contributed by atoms with Gasteiger partial charge in [0.05, 0.1) is 25.7 Å². The Hall–Kier alpha value is -1.10. The van der Waals surface area contributed by atoms with Gasteiger partial charge in [0.1, 0.15) is 0 Å². The summed E-state index contributed by atoms with van der Waals surface area (Å²) >= 11 is 0. The van der Waals surface area contributed by atoms with Crippen molar-refractivity contribution in [2.45, 2.75) is 33.3 Å². The first kappa shape index (κ1) is 13.9. The van der Waals surface area contributed by atoms with Crippen LogP contribution in [0, 0.1) is 0 Å². The zero-order chi connectivity index (χ0) is 11.7. The standard InChI is InChI=1S/C10H19NO4/c1-4-14-9(12)5-6-11-7-10(13)15-8(2)3/h8,11H,4-7H2,1-3H3. The lowest BCUT2D eigenvalue weighted by Crippen LogP contribution is -2.28. The fourth-order valence-electron chi connectivity index (χ4n) is 0.919. The number of carbonyl (C=O) groups is 2. The van der Waals surface area contributed by atoms with Gasteiger partial charge < -0.3 is 14.8 Å². The van der Waals surface area contributed by atoms with E-state index in [1.165, 1.54) is 0 Å². The number of rotatable bonds is 7. The summed E-state index contributed by atoms with van der Waals surface area (Å²) in [5.74, 6) is -0.573. The molecule has 5 nitrogen and oxygen atoms in total. The largest absolute Gasteiger partial charge is 0.466 e. The lowest BCUT2D eigenvalue weighted by atomic mass is 10.4. The molecule has 0 atom stereocenters. The lowest BCUT2D eigenvalue weighted by Gasteiger charge is -2.08. The van der Waals surface area contributed by atoms with Gasteiger partial charge >= 0.3 is 11.9 Å². The van der Waals surface area contributed by atoms with Crippen LogP contribution in [0.2, 0.25) is 0 Å². The monoisotopic (exact) mass is 217 g/mol. The van der Waals surface area contributed by atoms with Crippen molar-refractivity contribution in [3.05, 3.63) is 0 Å². The third kappa shape index (κ3) is 9.21. The van der Waals surface area contributed by atoms with Crippen molar-refractivity contribution in [1.82, 2.24) is 5.32 Å². The number of hydrogen-bond donors (Lipinski definition) is 1. The molecule has 15 heavy (non-hydrogen) atoms. The number of carbonyl (C=O) groups excluding carboxylic acids is 2. The number of hydrogen-bond acceptors (Lipinski definition) is 5. The average molecular weight is 217 g/mol. The molecule has 88 valence electrons. The molecular formula is C10H19NO4. The highest BCUT2D eigenvalue weighted by molar-refractivity contribution is 5.72. The van der Waals surface area contributed by atoms with Gasteiger partial charge in [-0.2, -0.15) is 0 Å².